The Morgan fingerprint density at radius 2 is 1.57 bits per heavy atom. The van der Waals surface area contributed by atoms with Crippen molar-refractivity contribution < 1.29 is 60.2 Å². The summed E-state index contributed by atoms with van der Waals surface area (Å²) in [6, 6.07) is -2.83. The van der Waals surface area contributed by atoms with Crippen LogP contribution in [-0.4, -0.2) is 177 Å². The Hall–Kier alpha value is -0.680. The van der Waals surface area contributed by atoms with E-state index < -0.39 is 104 Å². The summed E-state index contributed by atoms with van der Waals surface area (Å²) in [7, 11) is 0. The summed E-state index contributed by atoms with van der Waals surface area (Å²) >= 11 is 0. The van der Waals surface area contributed by atoms with Gasteiger partial charge in [-0.05, 0) is 6.42 Å². The van der Waals surface area contributed by atoms with Gasteiger partial charge in [-0.15, -0.1) is 0 Å². The minimum absolute atomic E-state index is 0.00274. The van der Waals surface area contributed by atoms with Crippen molar-refractivity contribution in [1.82, 2.24) is 10.6 Å². The number of aliphatic hydroxyl groups excluding tert-OH is 9. The minimum atomic E-state index is -1.64. The maximum Gasteiger partial charge on any atom is 0.186 e. The summed E-state index contributed by atoms with van der Waals surface area (Å²) < 4.78 is 17.5. The zero-order valence-electron chi connectivity index (χ0n) is 22.2. The van der Waals surface area contributed by atoms with Crippen LogP contribution in [0.15, 0.2) is 0 Å². The Balaban J connectivity index is 1.86. The van der Waals surface area contributed by atoms with Crippen LogP contribution in [0.5, 0.6) is 0 Å². The van der Waals surface area contributed by atoms with E-state index in [-0.39, 0.29) is 39.2 Å². The Morgan fingerprint density at radius 1 is 0.875 bits per heavy atom. The molecule has 3 fully saturated rings. The molecule has 0 aromatic rings. The van der Waals surface area contributed by atoms with Crippen LogP contribution in [0.2, 0.25) is 0 Å². The van der Waals surface area contributed by atoms with Gasteiger partial charge in [0.1, 0.15) is 42.7 Å². The summed E-state index contributed by atoms with van der Waals surface area (Å²) in [5.41, 5.74) is 17.9. The Bertz CT molecular complexity index is 761. The van der Waals surface area contributed by atoms with E-state index in [0.29, 0.717) is 0 Å². The summed E-state index contributed by atoms with van der Waals surface area (Å²) in [5.74, 6) is -1.06. The first-order valence-corrected chi connectivity index (χ1v) is 13.6. The van der Waals surface area contributed by atoms with Crippen LogP contribution >= 0.6 is 0 Å². The summed E-state index contributed by atoms with van der Waals surface area (Å²) in [6.45, 7) is -0.640. The first-order chi connectivity index (χ1) is 19.0. The molecule has 40 heavy (non-hydrogen) atoms. The molecule has 1 aliphatic carbocycles. The van der Waals surface area contributed by atoms with E-state index in [9.17, 15) is 40.9 Å². The van der Waals surface area contributed by atoms with Crippen LogP contribution in [0, 0.1) is 5.92 Å². The van der Waals surface area contributed by atoms with Gasteiger partial charge in [0.25, 0.3) is 0 Å². The van der Waals surface area contributed by atoms with Gasteiger partial charge in [0.15, 0.2) is 6.29 Å². The number of nitrogens with two attached hydrogens (primary N) is 3. The highest BCUT2D eigenvalue weighted by atomic mass is 16.7. The van der Waals surface area contributed by atoms with Crippen molar-refractivity contribution in [2.75, 3.05) is 39.4 Å². The van der Waals surface area contributed by atoms with Crippen molar-refractivity contribution in [3.05, 3.63) is 0 Å². The molecule has 2 aliphatic heterocycles. The fourth-order valence-corrected chi connectivity index (χ4v) is 5.65. The lowest BCUT2D eigenvalue weighted by Gasteiger charge is -2.52. The highest BCUT2D eigenvalue weighted by Crippen LogP contribution is 2.37. The molecule has 3 rings (SSSR count). The quantitative estimate of drug-likeness (QED) is 0.0945. The van der Waals surface area contributed by atoms with Crippen molar-refractivity contribution in [3.8, 4) is 0 Å². The van der Waals surface area contributed by atoms with Crippen molar-refractivity contribution in [3.63, 3.8) is 0 Å². The lowest BCUT2D eigenvalue weighted by Crippen LogP contribution is -2.70. The number of hydrogen-bond donors (Lipinski definition) is 14. The lowest BCUT2D eigenvalue weighted by atomic mass is 9.72. The van der Waals surface area contributed by atoms with Gasteiger partial charge in [-0.25, -0.2) is 0 Å². The Labute approximate surface area is 231 Å². The smallest absolute Gasteiger partial charge is 0.186 e. The van der Waals surface area contributed by atoms with Crippen molar-refractivity contribution in [1.29, 1.82) is 0 Å². The molecule has 2 saturated heterocycles. The molecular weight excluding hydrogens is 538 g/mol. The molecule has 236 valence electrons. The van der Waals surface area contributed by atoms with Crippen molar-refractivity contribution in [2.24, 2.45) is 23.1 Å². The third-order valence-corrected chi connectivity index (χ3v) is 8.03. The maximum atomic E-state index is 11.6. The van der Waals surface area contributed by atoms with E-state index in [1.165, 1.54) is 0 Å². The normalized spacial score (nSPS) is 47.2. The maximum absolute atomic E-state index is 11.6. The molecule has 17 heteroatoms. The number of ether oxygens (including phenoxy) is 3. The zero-order valence-corrected chi connectivity index (χ0v) is 22.2. The predicted molar refractivity (Wildman–Crippen MR) is 136 cm³/mol. The van der Waals surface area contributed by atoms with E-state index in [1.54, 1.807) is 0 Å². The van der Waals surface area contributed by atoms with Crippen molar-refractivity contribution in [2.45, 2.75) is 98.0 Å². The fourth-order valence-electron chi connectivity index (χ4n) is 5.65. The third-order valence-electron chi connectivity index (χ3n) is 8.03. The first kappa shape index (κ1) is 33.8. The zero-order chi connectivity index (χ0) is 29.7. The van der Waals surface area contributed by atoms with E-state index in [4.69, 9.17) is 36.5 Å². The standard InChI is InChI=1S/C23H47N5O12/c24-4-8(31)5-28-10-3-9(25)13(22-20(37)19(36)16(33)11(38-22)6-27-1-2-29)17(34)21(10)40-23-18(35)14(26)15(32)12(7-30)39-23/h8-23,27-37H,1-7,24-26H2. The van der Waals surface area contributed by atoms with Gasteiger partial charge in [-0.3, -0.25) is 0 Å². The minimum Gasteiger partial charge on any atom is -0.395 e. The molecule has 16 atom stereocenters. The predicted octanol–water partition coefficient (Wildman–Crippen LogP) is -8.44. The van der Waals surface area contributed by atoms with Crippen LogP contribution in [0.4, 0.5) is 0 Å². The van der Waals surface area contributed by atoms with Crippen LogP contribution in [-0.2, 0) is 14.2 Å². The largest absolute Gasteiger partial charge is 0.395 e. The van der Waals surface area contributed by atoms with Gasteiger partial charge < -0.3 is 88.0 Å². The van der Waals surface area contributed by atoms with Gasteiger partial charge >= 0.3 is 0 Å². The summed E-state index contributed by atoms with van der Waals surface area (Å²) in [4.78, 5) is 0. The van der Waals surface area contributed by atoms with Gasteiger partial charge in [-0.2, -0.15) is 0 Å². The third kappa shape index (κ3) is 7.44. The molecule has 3 aliphatic rings. The molecule has 0 spiro atoms. The van der Waals surface area contributed by atoms with E-state index in [1.807, 2.05) is 0 Å². The summed E-state index contributed by atoms with van der Waals surface area (Å²) in [5, 5.41) is 98.7. The van der Waals surface area contributed by atoms with Crippen LogP contribution in [0.25, 0.3) is 0 Å². The van der Waals surface area contributed by atoms with Crippen LogP contribution < -0.4 is 27.8 Å². The number of aliphatic hydroxyl groups is 9. The molecule has 17 nitrogen and oxygen atoms in total. The second-order valence-corrected chi connectivity index (χ2v) is 10.8. The van der Waals surface area contributed by atoms with Gasteiger partial charge in [0, 0.05) is 44.2 Å². The lowest BCUT2D eigenvalue weighted by molar-refractivity contribution is -0.310. The number of nitrogens with one attached hydrogen (secondary N) is 2. The monoisotopic (exact) mass is 585 g/mol. The molecule has 0 amide bonds. The molecule has 16 unspecified atom stereocenters. The van der Waals surface area contributed by atoms with Gasteiger partial charge in [0.2, 0.25) is 0 Å². The molecule has 0 radical (unpaired) electrons. The molecule has 0 bridgehead atoms. The summed E-state index contributed by atoms with van der Waals surface area (Å²) in [6.07, 6.45) is -16.2. The molecule has 0 aromatic heterocycles. The molecule has 1 saturated carbocycles. The Kier molecular flexibility index (Phi) is 12.8. The molecule has 0 aromatic carbocycles. The topological polar surface area (TPSA) is 312 Å². The SMILES string of the molecule is NCC(O)CNC1CC(N)C(C2OC(CNCCO)C(O)C(O)C2O)C(O)C1OC1OC(CO)C(O)C(N)C1O. The fraction of sp³-hybridized carbons (Fsp3) is 1.00. The second-order valence-electron chi connectivity index (χ2n) is 10.8. The highest BCUT2D eigenvalue weighted by Gasteiger charge is 2.55. The Morgan fingerprint density at radius 3 is 2.20 bits per heavy atom. The highest BCUT2D eigenvalue weighted by molar-refractivity contribution is 5.07. The second kappa shape index (κ2) is 15.2. The van der Waals surface area contributed by atoms with E-state index in [2.05, 4.69) is 10.6 Å². The molecule has 17 N–H and O–H groups in total. The van der Waals surface area contributed by atoms with E-state index >= 15 is 0 Å². The van der Waals surface area contributed by atoms with Crippen LogP contribution in [0.3, 0.4) is 0 Å². The molecule has 2 heterocycles. The van der Waals surface area contributed by atoms with Crippen LogP contribution in [0.1, 0.15) is 6.42 Å². The van der Waals surface area contributed by atoms with Gasteiger partial charge in [0.05, 0.1) is 43.7 Å². The van der Waals surface area contributed by atoms with Gasteiger partial charge in [-0.1, -0.05) is 0 Å². The molecular formula is C23H47N5O12. The van der Waals surface area contributed by atoms with Crippen molar-refractivity contribution >= 4 is 0 Å². The van der Waals surface area contributed by atoms with E-state index in [0.717, 1.165) is 0 Å². The number of hydrogen-bond acceptors (Lipinski definition) is 17. The average molecular weight is 586 g/mol. The first-order valence-electron chi connectivity index (χ1n) is 13.6. The average Bonchev–Trinajstić information content (AvgIpc) is 2.94. The number of rotatable bonds is 12.